The number of allylic oxidation sites excluding steroid dienone is 1. The third kappa shape index (κ3) is 2.02. The van der Waals surface area contributed by atoms with Gasteiger partial charge < -0.3 is 9.55 Å². The van der Waals surface area contributed by atoms with E-state index in [4.69, 9.17) is 23.8 Å². The monoisotopic (exact) mass is 302 g/mol. The van der Waals surface area contributed by atoms with E-state index in [1.807, 2.05) is 22.8 Å². The second kappa shape index (κ2) is 4.12. The van der Waals surface area contributed by atoms with Crippen molar-refractivity contribution >= 4 is 50.8 Å². The molecule has 0 unspecified atom stereocenters. The van der Waals surface area contributed by atoms with Crippen LogP contribution < -0.4 is 0 Å². The molecule has 0 bridgehead atoms. The van der Waals surface area contributed by atoms with Gasteiger partial charge in [0.2, 0.25) is 0 Å². The number of benzene rings is 1. The topological polar surface area (TPSA) is 20.7 Å². The maximum atomic E-state index is 6.05. The molecule has 0 aliphatic carbocycles. The Hall–Kier alpha value is -0.580. The van der Waals surface area contributed by atoms with Crippen molar-refractivity contribution in [1.82, 2.24) is 9.55 Å². The number of nitrogens with one attached hydrogen (secondary N) is 1. The van der Waals surface area contributed by atoms with Gasteiger partial charge in [-0.25, -0.2) is 0 Å². The summed E-state index contributed by atoms with van der Waals surface area (Å²) < 4.78 is 3.48. The maximum absolute atomic E-state index is 6.05. The fourth-order valence-corrected chi connectivity index (χ4v) is 2.21. The molecule has 1 aromatic carbocycles. The van der Waals surface area contributed by atoms with Crippen molar-refractivity contribution in [3.05, 3.63) is 39.1 Å². The largest absolute Gasteiger partial charge is 0.329 e. The number of hydrogen-bond donors (Lipinski definition) is 1. The SMILES string of the molecule is C=C(Br)Cn1c(=S)[nH]c2c(Cl)cccc21. The number of fused-ring (bicyclic) bond motifs is 1. The van der Waals surface area contributed by atoms with Gasteiger partial charge in [-0.1, -0.05) is 40.2 Å². The quantitative estimate of drug-likeness (QED) is 0.822. The number of halogens is 2. The summed E-state index contributed by atoms with van der Waals surface area (Å²) in [6, 6.07) is 5.71. The number of aromatic amines is 1. The van der Waals surface area contributed by atoms with Gasteiger partial charge in [0.05, 0.1) is 22.6 Å². The zero-order chi connectivity index (χ0) is 11.0. The summed E-state index contributed by atoms with van der Waals surface area (Å²) >= 11 is 14.6. The highest BCUT2D eigenvalue weighted by Gasteiger charge is 2.06. The minimum absolute atomic E-state index is 0.638. The highest BCUT2D eigenvalue weighted by molar-refractivity contribution is 9.11. The maximum Gasteiger partial charge on any atom is 0.178 e. The molecule has 0 saturated carbocycles. The minimum atomic E-state index is 0.638. The molecule has 0 aliphatic heterocycles. The number of rotatable bonds is 2. The summed E-state index contributed by atoms with van der Waals surface area (Å²) in [6.07, 6.45) is 0. The molecule has 0 amide bonds. The molecule has 0 aliphatic rings. The fraction of sp³-hybridized carbons (Fsp3) is 0.100. The first-order chi connectivity index (χ1) is 7.09. The van der Waals surface area contributed by atoms with E-state index in [9.17, 15) is 0 Å². The minimum Gasteiger partial charge on any atom is -0.329 e. The van der Waals surface area contributed by atoms with Crippen LogP contribution in [0.5, 0.6) is 0 Å². The van der Waals surface area contributed by atoms with Crippen molar-refractivity contribution in [3.8, 4) is 0 Å². The molecule has 0 fully saturated rings. The molecule has 2 rings (SSSR count). The first-order valence-corrected chi connectivity index (χ1v) is 5.88. The third-order valence-corrected chi connectivity index (χ3v) is 2.98. The van der Waals surface area contributed by atoms with Crippen LogP contribution in [-0.2, 0) is 6.54 Å². The molecule has 0 atom stereocenters. The molecule has 2 nitrogen and oxygen atoms in total. The predicted molar refractivity (Wildman–Crippen MR) is 70.2 cm³/mol. The van der Waals surface area contributed by atoms with Crippen LogP contribution in [0.15, 0.2) is 29.3 Å². The molecular formula is C10H8BrClN2S. The van der Waals surface area contributed by atoms with Crippen LogP contribution in [0.4, 0.5) is 0 Å². The van der Waals surface area contributed by atoms with Crippen LogP contribution in [0.2, 0.25) is 5.02 Å². The number of aromatic nitrogens is 2. The molecule has 0 radical (unpaired) electrons. The van der Waals surface area contributed by atoms with Crippen LogP contribution in [-0.4, -0.2) is 9.55 Å². The van der Waals surface area contributed by atoms with Gasteiger partial charge >= 0.3 is 0 Å². The van der Waals surface area contributed by atoms with Crippen molar-refractivity contribution < 1.29 is 0 Å². The highest BCUT2D eigenvalue weighted by atomic mass is 79.9. The lowest BCUT2D eigenvalue weighted by Crippen LogP contribution is -1.96. The Morgan fingerprint density at radius 2 is 2.33 bits per heavy atom. The van der Waals surface area contributed by atoms with Crippen LogP contribution in [0.25, 0.3) is 11.0 Å². The summed E-state index contributed by atoms with van der Waals surface area (Å²) in [6.45, 7) is 4.44. The Kier molecular flexibility index (Phi) is 3.00. The van der Waals surface area contributed by atoms with Gasteiger partial charge in [0.15, 0.2) is 4.77 Å². The van der Waals surface area contributed by atoms with E-state index < -0.39 is 0 Å². The first kappa shape index (κ1) is 10.9. The molecule has 0 spiro atoms. The van der Waals surface area contributed by atoms with E-state index in [-0.39, 0.29) is 0 Å². The number of nitrogens with zero attached hydrogens (tertiary/aromatic N) is 1. The van der Waals surface area contributed by atoms with E-state index in [0.717, 1.165) is 15.5 Å². The third-order valence-electron chi connectivity index (χ3n) is 2.09. The standard InChI is InChI=1S/C10H8BrClN2S/c1-6(11)5-14-8-4-2-3-7(12)9(8)13-10(14)15/h2-4H,1,5H2,(H,13,15). The molecule has 1 N–H and O–H groups in total. The number of imidazole rings is 1. The van der Waals surface area contributed by atoms with E-state index >= 15 is 0 Å². The van der Waals surface area contributed by atoms with Crippen molar-refractivity contribution in [3.63, 3.8) is 0 Å². The zero-order valence-electron chi connectivity index (χ0n) is 7.76. The normalized spacial score (nSPS) is 10.8. The highest BCUT2D eigenvalue weighted by Crippen LogP contribution is 2.23. The van der Waals surface area contributed by atoms with Gasteiger partial charge in [0.1, 0.15) is 0 Å². The Morgan fingerprint density at radius 3 is 3.00 bits per heavy atom. The van der Waals surface area contributed by atoms with Gasteiger partial charge in [0, 0.05) is 4.48 Å². The summed E-state index contributed by atoms with van der Waals surface area (Å²) in [4.78, 5) is 3.08. The lowest BCUT2D eigenvalue weighted by atomic mass is 10.3. The molecule has 1 heterocycles. The van der Waals surface area contributed by atoms with Gasteiger partial charge in [-0.3, -0.25) is 0 Å². The summed E-state index contributed by atoms with van der Waals surface area (Å²) in [5, 5.41) is 0.678. The average molecular weight is 304 g/mol. The number of H-pyrrole nitrogens is 1. The van der Waals surface area contributed by atoms with E-state index in [0.29, 0.717) is 16.3 Å². The van der Waals surface area contributed by atoms with E-state index in [2.05, 4.69) is 27.5 Å². The zero-order valence-corrected chi connectivity index (χ0v) is 10.9. The summed E-state index contributed by atoms with van der Waals surface area (Å²) in [5.74, 6) is 0. The van der Waals surface area contributed by atoms with Gasteiger partial charge in [-0.05, 0) is 24.4 Å². The number of para-hydroxylation sites is 1. The van der Waals surface area contributed by atoms with Crippen molar-refractivity contribution in [2.45, 2.75) is 6.54 Å². The second-order valence-electron chi connectivity index (χ2n) is 3.17. The molecule has 78 valence electrons. The van der Waals surface area contributed by atoms with Crippen LogP contribution >= 0.6 is 39.7 Å². The molecule has 15 heavy (non-hydrogen) atoms. The second-order valence-corrected chi connectivity index (χ2v) is 5.08. The summed E-state index contributed by atoms with van der Waals surface area (Å²) in [5.41, 5.74) is 1.87. The lowest BCUT2D eigenvalue weighted by Gasteiger charge is -2.02. The van der Waals surface area contributed by atoms with Gasteiger partial charge in [-0.2, -0.15) is 0 Å². The average Bonchev–Trinajstić information content (AvgIpc) is 2.45. The molecule has 1 aromatic heterocycles. The van der Waals surface area contributed by atoms with Crippen molar-refractivity contribution in [2.75, 3.05) is 0 Å². The lowest BCUT2D eigenvalue weighted by molar-refractivity contribution is 0.829. The number of hydrogen-bond acceptors (Lipinski definition) is 1. The van der Waals surface area contributed by atoms with Crippen molar-refractivity contribution in [1.29, 1.82) is 0 Å². The smallest absolute Gasteiger partial charge is 0.178 e. The summed E-state index contributed by atoms with van der Waals surface area (Å²) in [7, 11) is 0. The van der Waals surface area contributed by atoms with Crippen LogP contribution in [0, 0.1) is 4.77 Å². The van der Waals surface area contributed by atoms with E-state index in [1.54, 1.807) is 0 Å². The van der Waals surface area contributed by atoms with Crippen LogP contribution in [0.3, 0.4) is 0 Å². The Labute approximate surface area is 106 Å². The first-order valence-electron chi connectivity index (χ1n) is 4.30. The Morgan fingerprint density at radius 1 is 1.60 bits per heavy atom. The molecule has 2 aromatic rings. The van der Waals surface area contributed by atoms with E-state index in [1.165, 1.54) is 0 Å². The predicted octanol–water partition coefficient (Wildman–Crippen LogP) is 4.26. The molecule has 5 heteroatoms. The Bertz CT molecular complexity index is 585. The Balaban J connectivity index is 2.74. The molecule has 0 saturated heterocycles. The van der Waals surface area contributed by atoms with Gasteiger partial charge in [0.25, 0.3) is 0 Å². The van der Waals surface area contributed by atoms with Crippen molar-refractivity contribution in [2.24, 2.45) is 0 Å². The fourth-order valence-electron chi connectivity index (χ4n) is 1.47. The van der Waals surface area contributed by atoms with Crippen LogP contribution in [0.1, 0.15) is 0 Å². The molecular weight excluding hydrogens is 296 g/mol. The van der Waals surface area contributed by atoms with Gasteiger partial charge in [-0.15, -0.1) is 0 Å².